The first kappa shape index (κ1) is 23.4. The summed E-state index contributed by atoms with van der Waals surface area (Å²) in [4.78, 5) is 24.5. The van der Waals surface area contributed by atoms with Crippen LogP contribution in [0.1, 0.15) is 5.69 Å². The summed E-state index contributed by atoms with van der Waals surface area (Å²) in [6.45, 7) is 7.06. The largest absolute Gasteiger partial charge is 0.478 e. The van der Waals surface area contributed by atoms with Gasteiger partial charge in [-0.3, -0.25) is 9.48 Å². The molecule has 34 heavy (non-hydrogen) atoms. The number of hydrogen-bond donors (Lipinski definition) is 2. The Balaban J connectivity index is 1.64. The third-order valence-corrected chi connectivity index (χ3v) is 5.52. The fraction of sp³-hybridized carbons (Fsp3) is 0.476. The van der Waals surface area contributed by atoms with Gasteiger partial charge in [-0.15, -0.1) is 10.2 Å². The zero-order chi connectivity index (χ0) is 24.4. The molecule has 13 heteroatoms. The molecule has 0 saturated carbocycles. The van der Waals surface area contributed by atoms with Crippen molar-refractivity contribution in [2.75, 3.05) is 51.1 Å². The predicted molar refractivity (Wildman–Crippen MR) is 125 cm³/mol. The number of carbonyl (C=O) groups excluding carboxylic acids is 1. The lowest BCUT2D eigenvalue weighted by Crippen LogP contribution is -2.40. The molecule has 0 bridgehead atoms. The van der Waals surface area contributed by atoms with Gasteiger partial charge in [-0.1, -0.05) is 6.58 Å². The zero-order valence-electron chi connectivity index (χ0n) is 19.7. The molecule has 2 atom stereocenters. The maximum atomic E-state index is 14.6. The van der Waals surface area contributed by atoms with Crippen molar-refractivity contribution in [1.29, 1.82) is 0 Å². The van der Waals surface area contributed by atoms with Crippen LogP contribution in [-0.2, 0) is 11.3 Å². The van der Waals surface area contributed by atoms with Gasteiger partial charge in [0.25, 0.3) is 5.88 Å². The molecule has 4 rings (SSSR count). The van der Waals surface area contributed by atoms with Gasteiger partial charge in [-0.05, 0) is 27.1 Å². The van der Waals surface area contributed by atoms with E-state index < -0.39 is 18.1 Å². The van der Waals surface area contributed by atoms with Crippen LogP contribution in [0, 0.1) is 6.92 Å². The summed E-state index contributed by atoms with van der Waals surface area (Å²) in [5.74, 6) is 0.736. The lowest BCUT2D eigenvalue weighted by molar-refractivity contribution is -0.117. The van der Waals surface area contributed by atoms with E-state index in [1.54, 1.807) is 27.4 Å². The molecule has 1 fully saturated rings. The molecule has 0 spiro atoms. The number of hydrogen-bond acceptors (Lipinski definition) is 9. The summed E-state index contributed by atoms with van der Waals surface area (Å²) < 4.78 is 23.5. The number of rotatable bonds is 9. The average molecular weight is 473 g/mol. The highest BCUT2D eigenvalue weighted by molar-refractivity contribution is 5.87. The van der Waals surface area contributed by atoms with Gasteiger partial charge in [0.1, 0.15) is 11.9 Å². The van der Waals surface area contributed by atoms with E-state index >= 15 is 0 Å². The van der Waals surface area contributed by atoms with Gasteiger partial charge in [0.15, 0.2) is 11.5 Å². The van der Waals surface area contributed by atoms with Gasteiger partial charge in [0.2, 0.25) is 11.9 Å². The fourth-order valence-corrected chi connectivity index (χ4v) is 3.69. The highest BCUT2D eigenvalue weighted by Crippen LogP contribution is 2.29. The Morgan fingerprint density at radius 1 is 1.38 bits per heavy atom. The second-order valence-corrected chi connectivity index (χ2v) is 8.38. The normalized spacial score (nSPS) is 18.0. The van der Waals surface area contributed by atoms with Gasteiger partial charge in [0, 0.05) is 13.1 Å². The second-order valence-electron chi connectivity index (χ2n) is 8.38. The number of aromatic nitrogens is 6. The molecule has 0 radical (unpaired) electrons. The van der Waals surface area contributed by atoms with Crippen LogP contribution in [0.4, 0.5) is 21.8 Å². The first-order chi connectivity index (χ1) is 16.3. The van der Waals surface area contributed by atoms with Crippen LogP contribution in [0.25, 0.3) is 5.65 Å². The number of nitrogens with zero attached hydrogens (tertiary/aromatic N) is 8. The van der Waals surface area contributed by atoms with E-state index in [1.165, 1.54) is 0 Å². The Morgan fingerprint density at radius 3 is 2.88 bits per heavy atom. The van der Waals surface area contributed by atoms with E-state index in [2.05, 4.69) is 42.3 Å². The molecule has 1 aliphatic heterocycles. The molecule has 3 aromatic rings. The standard InChI is InChI=1S/C21H29FN10O2/c1-6-17(33)24-15-11-30(10-14(15)22)21-26-18(19-23-9-13(2)32(19)28-21)25-16-12-31(8-7-29(3)4)27-20(16)34-5/h6,9,12,14-15H,1,7-8,10-11H2,2-5H3,(H,24,33)(H,25,26,28). The van der Waals surface area contributed by atoms with E-state index in [0.717, 1.165) is 18.3 Å². The highest BCUT2D eigenvalue weighted by atomic mass is 19.1. The fourth-order valence-electron chi connectivity index (χ4n) is 3.69. The number of methoxy groups -OCH3 is 1. The molecule has 12 nitrogen and oxygen atoms in total. The number of alkyl halides is 1. The Labute approximate surface area is 196 Å². The van der Waals surface area contributed by atoms with Crippen molar-refractivity contribution in [3.05, 3.63) is 30.7 Å². The number of anilines is 3. The number of ether oxygens (including phenoxy) is 1. The van der Waals surface area contributed by atoms with Crippen LogP contribution in [0.2, 0.25) is 0 Å². The van der Waals surface area contributed by atoms with Crippen LogP contribution in [-0.4, -0.2) is 93.2 Å². The van der Waals surface area contributed by atoms with Crippen molar-refractivity contribution in [1.82, 2.24) is 39.6 Å². The van der Waals surface area contributed by atoms with Crippen molar-refractivity contribution in [2.24, 2.45) is 0 Å². The van der Waals surface area contributed by atoms with E-state index in [0.29, 0.717) is 35.5 Å². The zero-order valence-corrected chi connectivity index (χ0v) is 19.7. The Bertz CT molecular complexity index is 1190. The van der Waals surface area contributed by atoms with Crippen LogP contribution in [0.15, 0.2) is 25.0 Å². The highest BCUT2D eigenvalue weighted by Gasteiger charge is 2.35. The maximum absolute atomic E-state index is 14.6. The number of amides is 1. The first-order valence-corrected chi connectivity index (χ1v) is 10.9. The molecule has 1 amide bonds. The van der Waals surface area contributed by atoms with Crippen LogP contribution in [0.3, 0.4) is 0 Å². The van der Waals surface area contributed by atoms with E-state index in [1.807, 2.05) is 27.2 Å². The molecule has 1 saturated heterocycles. The van der Waals surface area contributed by atoms with Crippen LogP contribution < -0.4 is 20.3 Å². The third-order valence-electron chi connectivity index (χ3n) is 5.52. The first-order valence-electron chi connectivity index (χ1n) is 10.9. The lowest BCUT2D eigenvalue weighted by Gasteiger charge is -2.17. The summed E-state index contributed by atoms with van der Waals surface area (Å²) in [5.41, 5.74) is 1.93. The molecular weight excluding hydrogens is 443 g/mol. The quantitative estimate of drug-likeness (QED) is 0.436. The summed E-state index contributed by atoms with van der Waals surface area (Å²) in [5, 5.41) is 14.9. The molecular formula is C21H29FN10O2. The number of fused-ring (bicyclic) bond motifs is 1. The molecule has 182 valence electrons. The van der Waals surface area contributed by atoms with E-state index in [-0.39, 0.29) is 13.1 Å². The Kier molecular flexibility index (Phi) is 6.63. The number of imidazole rings is 1. The topological polar surface area (TPSA) is 118 Å². The maximum Gasteiger partial charge on any atom is 0.256 e. The van der Waals surface area contributed by atoms with Gasteiger partial charge in [0.05, 0.1) is 44.3 Å². The summed E-state index contributed by atoms with van der Waals surface area (Å²) in [6.07, 6.45) is 3.38. The Morgan fingerprint density at radius 2 is 2.18 bits per heavy atom. The molecule has 2 unspecified atom stereocenters. The smallest absolute Gasteiger partial charge is 0.256 e. The number of halogens is 1. The lowest BCUT2D eigenvalue weighted by atomic mass is 10.2. The SMILES string of the molecule is C=CC(=O)NC1CN(c2nc(Nc3cn(CCN(C)C)nc3OC)c3ncc(C)n3n2)CC1F. The molecule has 2 N–H and O–H groups in total. The second kappa shape index (κ2) is 9.63. The van der Waals surface area contributed by atoms with Gasteiger partial charge in [-0.2, -0.15) is 4.98 Å². The number of carbonyl (C=O) groups is 1. The third kappa shape index (κ3) is 4.78. The molecule has 0 aliphatic carbocycles. The average Bonchev–Trinajstić information content (AvgIpc) is 3.49. The minimum Gasteiger partial charge on any atom is -0.478 e. The minimum absolute atomic E-state index is 0.0482. The van der Waals surface area contributed by atoms with Gasteiger partial charge in [-0.25, -0.2) is 13.9 Å². The summed E-state index contributed by atoms with van der Waals surface area (Å²) >= 11 is 0. The minimum atomic E-state index is -1.27. The van der Waals surface area contributed by atoms with Gasteiger partial charge >= 0.3 is 0 Å². The van der Waals surface area contributed by atoms with Crippen molar-refractivity contribution >= 4 is 29.0 Å². The van der Waals surface area contributed by atoms with Gasteiger partial charge < -0.3 is 25.2 Å². The van der Waals surface area contributed by atoms with Crippen LogP contribution >= 0.6 is 0 Å². The summed E-state index contributed by atoms with van der Waals surface area (Å²) in [6, 6.07) is -0.680. The molecule has 1 aliphatic rings. The number of likely N-dealkylation sites (N-methyl/N-ethyl adjacent to an activating group) is 1. The molecule has 0 aromatic carbocycles. The van der Waals surface area contributed by atoms with E-state index in [9.17, 15) is 9.18 Å². The van der Waals surface area contributed by atoms with Crippen molar-refractivity contribution in [3.8, 4) is 5.88 Å². The summed E-state index contributed by atoms with van der Waals surface area (Å²) in [7, 11) is 5.54. The van der Waals surface area contributed by atoms with Crippen molar-refractivity contribution in [2.45, 2.75) is 25.7 Å². The van der Waals surface area contributed by atoms with Crippen molar-refractivity contribution in [3.63, 3.8) is 0 Å². The molecule has 4 heterocycles. The Hall–Kier alpha value is -3.74. The predicted octanol–water partition coefficient (Wildman–Crippen LogP) is 0.772. The number of nitrogens with one attached hydrogen (secondary N) is 2. The molecule has 3 aromatic heterocycles. The van der Waals surface area contributed by atoms with Crippen LogP contribution in [0.5, 0.6) is 5.88 Å². The number of aryl methyl sites for hydroxylation is 1. The van der Waals surface area contributed by atoms with E-state index in [4.69, 9.17) is 4.74 Å². The monoisotopic (exact) mass is 472 g/mol. The van der Waals surface area contributed by atoms with Crippen molar-refractivity contribution < 1.29 is 13.9 Å².